The van der Waals surface area contributed by atoms with Gasteiger partial charge < -0.3 is 10.6 Å². The Morgan fingerprint density at radius 2 is 2.20 bits per heavy atom. The summed E-state index contributed by atoms with van der Waals surface area (Å²) in [6.07, 6.45) is 2.05. The molecule has 4 heteroatoms. The third-order valence-corrected chi connectivity index (χ3v) is 3.77. The molecule has 20 heavy (non-hydrogen) atoms. The largest absolute Gasteiger partial charge is 0.350 e. The molecule has 1 fully saturated rings. The summed E-state index contributed by atoms with van der Waals surface area (Å²) in [7, 11) is 0. The van der Waals surface area contributed by atoms with Crippen molar-refractivity contribution in [2.24, 2.45) is 5.92 Å². The number of piperidine rings is 1. The van der Waals surface area contributed by atoms with Gasteiger partial charge in [-0.05, 0) is 31.5 Å². The van der Waals surface area contributed by atoms with Crippen LogP contribution in [-0.2, 0) is 11.3 Å². The molecule has 1 aliphatic rings. The van der Waals surface area contributed by atoms with Crippen molar-refractivity contribution < 1.29 is 4.79 Å². The van der Waals surface area contributed by atoms with Crippen LogP contribution in [0.5, 0.6) is 0 Å². The van der Waals surface area contributed by atoms with E-state index in [0.29, 0.717) is 6.54 Å². The van der Waals surface area contributed by atoms with Crippen LogP contribution >= 0.6 is 0 Å². The second kappa shape index (κ2) is 6.01. The summed E-state index contributed by atoms with van der Waals surface area (Å²) >= 11 is 0. The van der Waals surface area contributed by atoms with E-state index in [-0.39, 0.29) is 11.8 Å². The van der Waals surface area contributed by atoms with Gasteiger partial charge in [-0.1, -0.05) is 24.3 Å². The van der Waals surface area contributed by atoms with Crippen LogP contribution in [0.2, 0.25) is 0 Å². The molecule has 1 aromatic heterocycles. The van der Waals surface area contributed by atoms with Crippen molar-refractivity contribution in [1.29, 1.82) is 0 Å². The van der Waals surface area contributed by atoms with E-state index in [1.165, 1.54) is 0 Å². The molecule has 4 nitrogen and oxygen atoms in total. The van der Waals surface area contributed by atoms with Crippen LogP contribution in [0.4, 0.5) is 0 Å². The van der Waals surface area contributed by atoms with Gasteiger partial charge in [-0.3, -0.25) is 9.78 Å². The molecule has 0 spiro atoms. The molecule has 0 aliphatic carbocycles. The number of nitrogens with one attached hydrogen (secondary N) is 2. The fourth-order valence-electron chi connectivity index (χ4n) is 2.60. The van der Waals surface area contributed by atoms with Crippen molar-refractivity contribution >= 4 is 16.8 Å². The van der Waals surface area contributed by atoms with Crippen LogP contribution in [0, 0.1) is 5.92 Å². The zero-order valence-electron chi connectivity index (χ0n) is 11.4. The summed E-state index contributed by atoms with van der Waals surface area (Å²) in [5.41, 5.74) is 1.87. The normalized spacial score (nSPS) is 18.9. The lowest BCUT2D eigenvalue weighted by Gasteiger charge is -2.21. The Hall–Kier alpha value is -1.94. The van der Waals surface area contributed by atoms with Crippen LogP contribution in [0.3, 0.4) is 0 Å². The third-order valence-electron chi connectivity index (χ3n) is 3.77. The van der Waals surface area contributed by atoms with Gasteiger partial charge in [-0.15, -0.1) is 0 Å². The van der Waals surface area contributed by atoms with Gasteiger partial charge in [0.15, 0.2) is 0 Å². The van der Waals surface area contributed by atoms with Crippen LogP contribution < -0.4 is 10.6 Å². The predicted molar refractivity (Wildman–Crippen MR) is 79.2 cm³/mol. The van der Waals surface area contributed by atoms with E-state index in [1.807, 2.05) is 36.4 Å². The first-order chi connectivity index (χ1) is 9.83. The Balaban J connectivity index is 1.62. The first-order valence-corrected chi connectivity index (χ1v) is 7.16. The van der Waals surface area contributed by atoms with Gasteiger partial charge in [0.1, 0.15) is 0 Å². The number of nitrogens with zero attached hydrogens (tertiary/aromatic N) is 1. The molecule has 1 unspecified atom stereocenters. The number of pyridine rings is 1. The second-order valence-corrected chi connectivity index (χ2v) is 5.26. The molecule has 2 aromatic rings. The van der Waals surface area contributed by atoms with Gasteiger partial charge in [-0.25, -0.2) is 0 Å². The lowest BCUT2D eigenvalue weighted by molar-refractivity contribution is -0.125. The lowest BCUT2D eigenvalue weighted by Crippen LogP contribution is -2.40. The van der Waals surface area contributed by atoms with Gasteiger partial charge in [0.05, 0.1) is 23.7 Å². The Bertz CT molecular complexity index is 605. The fourth-order valence-corrected chi connectivity index (χ4v) is 2.60. The molecule has 1 aromatic carbocycles. The monoisotopic (exact) mass is 269 g/mol. The Morgan fingerprint density at radius 1 is 1.30 bits per heavy atom. The Morgan fingerprint density at radius 3 is 3.05 bits per heavy atom. The number of carbonyl (C=O) groups is 1. The third kappa shape index (κ3) is 2.96. The van der Waals surface area contributed by atoms with E-state index in [4.69, 9.17) is 0 Å². The van der Waals surface area contributed by atoms with E-state index in [0.717, 1.165) is 42.5 Å². The summed E-state index contributed by atoms with van der Waals surface area (Å²) < 4.78 is 0. The maximum absolute atomic E-state index is 12.1. The first kappa shape index (κ1) is 13.1. The van der Waals surface area contributed by atoms with Gasteiger partial charge in [-0.2, -0.15) is 0 Å². The molecule has 1 aliphatic heterocycles. The van der Waals surface area contributed by atoms with Gasteiger partial charge in [0.2, 0.25) is 5.91 Å². The highest BCUT2D eigenvalue weighted by Gasteiger charge is 2.20. The fraction of sp³-hybridized carbons (Fsp3) is 0.375. The van der Waals surface area contributed by atoms with Crippen molar-refractivity contribution in [3.8, 4) is 0 Å². The van der Waals surface area contributed by atoms with Crippen LogP contribution in [0.1, 0.15) is 18.5 Å². The molecule has 0 bridgehead atoms. The van der Waals surface area contributed by atoms with Crippen LogP contribution in [-0.4, -0.2) is 24.0 Å². The average Bonchev–Trinajstić information content (AvgIpc) is 2.53. The Kier molecular flexibility index (Phi) is 3.92. The van der Waals surface area contributed by atoms with E-state index >= 15 is 0 Å². The maximum atomic E-state index is 12.1. The number of aromatic nitrogens is 1. The average molecular weight is 269 g/mol. The first-order valence-electron chi connectivity index (χ1n) is 7.16. The topological polar surface area (TPSA) is 54.0 Å². The summed E-state index contributed by atoms with van der Waals surface area (Å²) in [5, 5.41) is 7.38. The highest BCUT2D eigenvalue weighted by molar-refractivity contribution is 5.80. The van der Waals surface area contributed by atoms with Crippen molar-refractivity contribution in [1.82, 2.24) is 15.6 Å². The van der Waals surface area contributed by atoms with Crippen LogP contribution in [0.15, 0.2) is 36.4 Å². The SMILES string of the molecule is O=C(NCc1ccc2ccccc2n1)C1CCCNC1. The molecular formula is C16H19N3O. The van der Waals surface area contributed by atoms with Gasteiger partial charge in [0.25, 0.3) is 0 Å². The lowest BCUT2D eigenvalue weighted by atomic mass is 9.99. The van der Waals surface area contributed by atoms with Gasteiger partial charge in [0, 0.05) is 11.9 Å². The molecule has 2 N–H and O–H groups in total. The van der Waals surface area contributed by atoms with Gasteiger partial charge >= 0.3 is 0 Å². The second-order valence-electron chi connectivity index (χ2n) is 5.26. The molecule has 1 atom stereocenters. The predicted octanol–water partition coefficient (Wildman–Crippen LogP) is 1.85. The highest BCUT2D eigenvalue weighted by atomic mass is 16.1. The quantitative estimate of drug-likeness (QED) is 0.894. The molecule has 3 rings (SSSR count). The molecule has 1 amide bonds. The summed E-state index contributed by atoms with van der Waals surface area (Å²) in [4.78, 5) is 16.6. The molecule has 0 radical (unpaired) electrons. The van der Waals surface area contributed by atoms with Crippen molar-refractivity contribution in [2.45, 2.75) is 19.4 Å². The molecule has 104 valence electrons. The zero-order chi connectivity index (χ0) is 13.8. The number of fused-ring (bicyclic) bond motifs is 1. The summed E-state index contributed by atoms with van der Waals surface area (Å²) in [6, 6.07) is 12.0. The zero-order valence-corrected chi connectivity index (χ0v) is 11.4. The standard InChI is InChI=1S/C16H19N3O/c20-16(13-5-3-9-17-10-13)18-11-14-8-7-12-4-1-2-6-15(12)19-14/h1-2,4,6-8,13,17H,3,5,9-11H2,(H,18,20). The van der Waals surface area contributed by atoms with E-state index < -0.39 is 0 Å². The minimum Gasteiger partial charge on any atom is -0.350 e. The van der Waals surface area contributed by atoms with E-state index in [1.54, 1.807) is 0 Å². The number of benzene rings is 1. The Labute approximate surface area is 118 Å². The maximum Gasteiger partial charge on any atom is 0.224 e. The smallest absolute Gasteiger partial charge is 0.224 e. The van der Waals surface area contributed by atoms with Crippen molar-refractivity contribution in [3.05, 3.63) is 42.1 Å². The number of amides is 1. The summed E-state index contributed by atoms with van der Waals surface area (Å²) in [6.45, 7) is 2.31. The molecule has 0 saturated carbocycles. The van der Waals surface area contributed by atoms with Crippen molar-refractivity contribution in [2.75, 3.05) is 13.1 Å². The molecule has 2 heterocycles. The minimum atomic E-state index is 0.101. The minimum absolute atomic E-state index is 0.101. The van der Waals surface area contributed by atoms with E-state index in [2.05, 4.69) is 15.6 Å². The summed E-state index contributed by atoms with van der Waals surface area (Å²) in [5.74, 6) is 0.233. The number of hydrogen-bond acceptors (Lipinski definition) is 3. The number of carbonyl (C=O) groups excluding carboxylic acids is 1. The van der Waals surface area contributed by atoms with Crippen molar-refractivity contribution in [3.63, 3.8) is 0 Å². The number of rotatable bonds is 3. The number of hydrogen-bond donors (Lipinski definition) is 2. The molecule has 1 saturated heterocycles. The molecular weight excluding hydrogens is 250 g/mol. The van der Waals surface area contributed by atoms with Crippen LogP contribution in [0.25, 0.3) is 10.9 Å². The van der Waals surface area contributed by atoms with E-state index in [9.17, 15) is 4.79 Å². The number of para-hydroxylation sites is 1. The highest BCUT2D eigenvalue weighted by Crippen LogP contribution is 2.13.